The molecule has 1 amide bonds. The van der Waals surface area contributed by atoms with Crippen LogP contribution in [0.4, 0.5) is 0 Å². The molecule has 0 spiro atoms. The van der Waals surface area contributed by atoms with Gasteiger partial charge in [0.05, 0.1) is 7.11 Å². The molecular formula is C19H20N2O4. The standard InChI is InChI=1S/C19H20N2O4/c1-24-19(23)14-25-17-7-3-2-6-16(17)10-12-21-18(22)9-8-15-5-4-11-20-13-15/h2-9,11,13H,10,12,14H2,1H3,(H,21,22)/b9-8+. The number of pyridine rings is 1. The predicted molar refractivity (Wildman–Crippen MR) is 93.9 cm³/mol. The molecule has 1 aromatic carbocycles. The van der Waals surface area contributed by atoms with E-state index < -0.39 is 5.97 Å². The van der Waals surface area contributed by atoms with E-state index in [1.807, 2.05) is 30.3 Å². The van der Waals surface area contributed by atoms with Crippen LogP contribution in [0.3, 0.4) is 0 Å². The van der Waals surface area contributed by atoms with Crippen molar-refractivity contribution < 1.29 is 19.1 Å². The molecule has 0 radical (unpaired) electrons. The fourth-order valence-corrected chi connectivity index (χ4v) is 2.07. The Morgan fingerprint density at radius 1 is 1.20 bits per heavy atom. The Hall–Kier alpha value is -3.15. The maximum Gasteiger partial charge on any atom is 0.343 e. The zero-order valence-electron chi connectivity index (χ0n) is 14.0. The van der Waals surface area contributed by atoms with Gasteiger partial charge in [-0.15, -0.1) is 0 Å². The number of carbonyl (C=O) groups excluding carboxylic acids is 2. The number of amides is 1. The van der Waals surface area contributed by atoms with Crippen molar-refractivity contribution >= 4 is 18.0 Å². The van der Waals surface area contributed by atoms with Crippen molar-refractivity contribution in [2.75, 3.05) is 20.3 Å². The van der Waals surface area contributed by atoms with Crippen molar-refractivity contribution in [3.8, 4) is 5.75 Å². The summed E-state index contributed by atoms with van der Waals surface area (Å²) in [5, 5.41) is 2.81. The van der Waals surface area contributed by atoms with E-state index in [0.717, 1.165) is 11.1 Å². The van der Waals surface area contributed by atoms with Gasteiger partial charge in [-0.05, 0) is 35.8 Å². The Morgan fingerprint density at radius 2 is 2.04 bits per heavy atom. The second kappa shape index (κ2) is 9.87. The number of ether oxygens (including phenoxy) is 2. The highest BCUT2D eigenvalue weighted by Gasteiger charge is 2.06. The second-order valence-corrected chi connectivity index (χ2v) is 5.13. The molecule has 6 nitrogen and oxygen atoms in total. The van der Waals surface area contributed by atoms with E-state index in [0.29, 0.717) is 18.7 Å². The first-order valence-corrected chi connectivity index (χ1v) is 7.82. The Balaban J connectivity index is 1.82. The van der Waals surface area contributed by atoms with Crippen molar-refractivity contribution in [3.05, 3.63) is 66.0 Å². The van der Waals surface area contributed by atoms with Crippen molar-refractivity contribution in [2.24, 2.45) is 0 Å². The second-order valence-electron chi connectivity index (χ2n) is 5.13. The molecule has 2 aromatic rings. The quantitative estimate of drug-likeness (QED) is 0.587. The van der Waals surface area contributed by atoms with Gasteiger partial charge in [0.2, 0.25) is 5.91 Å². The lowest BCUT2D eigenvalue weighted by atomic mass is 10.1. The van der Waals surface area contributed by atoms with Crippen LogP contribution in [0, 0.1) is 0 Å². The molecule has 1 heterocycles. The Kier molecular flexibility index (Phi) is 7.18. The first-order valence-electron chi connectivity index (χ1n) is 7.82. The zero-order chi connectivity index (χ0) is 17.9. The smallest absolute Gasteiger partial charge is 0.343 e. The number of hydrogen-bond donors (Lipinski definition) is 1. The van der Waals surface area contributed by atoms with E-state index in [1.54, 1.807) is 24.5 Å². The van der Waals surface area contributed by atoms with Gasteiger partial charge in [0.25, 0.3) is 0 Å². The molecule has 130 valence electrons. The molecule has 6 heteroatoms. The van der Waals surface area contributed by atoms with Crippen molar-refractivity contribution in [2.45, 2.75) is 6.42 Å². The molecule has 1 aromatic heterocycles. The molecule has 0 saturated carbocycles. The fourth-order valence-electron chi connectivity index (χ4n) is 2.07. The van der Waals surface area contributed by atoms with Crippen LogP contribution < -0.4 is 10.1 Å². The van der Waals surface area contributed by atoms with Crippen molar-refractivity contribution in [1.29, 1.82) is 0 Å². The number of methoxy groups -OCH3 is 1. The maximum atomic E-state index is 11.8. The third-order valence-electron chi connectivity index (χ3n) is 3.35. The van der Waals surface area contributed by atoms with E-state index in [1.165, 1.54) is 13.2 Å². The van der Waals surface area contributed by atoms with E-state index in [-0.39, 0.29) is 12.5 Å². The number of esters is 1. The van der Waals surface area contributed by atoms with Gasteiger partial charge in [-0.3, -0.25) is 9.78 Å². The van der Waals surface area contributed by atoms with Gasteiger partial charge < -0.3 is 14.8 Å². The minimum Gasteiger partial charge on any atom is -0.482 e. The summed E-state index contributed by atoms with van der Waals surface area (Å²) in [4.78, 5) is 27.0. The van der Waals surface area contributed by atoms with Gasteiger partial charge >= 0.3 is 5.97 Å². The van der Waals surface area contributed by atoms with Gasteiger partial charge in [0, 0.05) is 25.0 Å². The summed E-state index contributed by atoms with van der Waals surface area (Å²) in [6.07, 6.45) is 7.12. The number of benzene rings is 1. The predicted octanol–water partition coefficient (Wildman–Crippen LogP) is 2.01. The Bertz CT molecular complexity index is 729. The average Bonchev–Trinajstić information content (AvgIpc) is 2.66. The van der Waals surface area contributed by atoms with E-state index in [4.69, 9.17) is 4.74 Å². The summed E-state index contributed by atoms with van der Waals surface area (Å²) >= 11 is 0. The molecule has 0 atom stereocenters. The van der Waals surface area contributed by atoms with E-state index in [2.05, 4.69) is 15.0 Å². The first kappa shape index (κ1) is 18.2. The van der Waals surface area contributed by atoms with Crippen LogP contribution >= 0.6 is 0 Å². The summed E-state index contributed by atoms with van der Waals surface area (Å²) < 4.78 is 10.00. The van der Waals surface area contributed by atoms with Gasteiger partial charge in [0.1, 0.15) is 5.75 Å². The van der Waals surface area contributed by atoms with Gasteiger partial charge in [-0.2, -0.15) is 0 Å². The monoisotopic (exact) mass is 340 g/mol. The maximum absolute atomic E-state index is 11.8. The number of nitrogens with zero attached hydrogens (tertiary/aromatic N) is 1. The summed E-state index contributed by atoms with van der Waals surface area (Å²) in [5.41, 5.74) is 1.77. The van der Waals surface area contributed by atoms with Gasteiger partial charge in [-0.25, -0.2) is 4.79 Å². The summed E-state index contributed by atoms with van der Waals surface area (Å²) in [5.74, 6) is -0.0199. The number of carbonyl (C=O) groups is 2. The normalized spacial score (nSPS) is 10.4. The molecule has 0 unspecified atom stereocenters. The molecule has 2 rings (SSSR count). The van der Waals surface area contributed by atoms with Crippen LogP contribution in [0.1, 0.15) is 11.1 Å². The molecule has 0 fully saturated rings. The topological polar surface area (TPSA) is 77.5 Å². The Morgan fingerprint density at radius 3 is 2.80 bits per heavy atom. The molecule has 0 bridgehead atoms. The SMILES string of the molecule is COC(=O)COc1ccccc1CCNC(=O)/C=C/c1cccnc1. The highest BCUT2D eigenvalue weighted by molar-refractivity contribution is 5.91. The Labute approximate surface area is 146 Å². The molecule has 1 N–H and O–H groups in total. The average molecular weight is 340 g/mol. The fraction of sp³-hybridized carbons (Fsp3) is 0.211. The van der Waals surface area contributed by atoms with Crippen LogP contribution in [0.25, 0.3) is 6.08 Å². The minimum atomic E-state index is -0.441. The third-order valence-corrected chi connectivity index (χ3v) is 3.35. The third kappa shape index (κ3) is 6.47. The molecule has 25 heavy (non-hydrogen) atoms. The molecular weight excluding hydrogens is 320 g/mol. The van der Waals surface area contributed by atoms with Crippen LogP contribution in [-0.2, 0) is 20.7 Å². The molecule has 0 saturated heterocycles. The van der Waals surface area contributed by atoms with Crippen molar-refractivity contribution in [3.63, 3.8) is 0 Å². The molecule has 0 aliphatic heterocycles. The van der Waals surface area contributed by atoms with Crippen LogP contribution in [0.2, 0.25) is 0 Å². The highest BCUT2D eigenvalue weighted by atomic mass is 16.6. The highest BCUT2D eigenvalue weighted by Crippen LogP contribution is 2.18. The zero-order valence-corrected chi connectivity index (χ0v) is 14.0. The summed E-state index contributed by atoms with van der Waals surface area (Å²) in [6, 6.07) is 11.1. The number of aromatic nitrogens is 1. The number of rotatable bonds is 8. The van der Waals surface area contributed by atoms with E-state index >= 15 is 0 Å². The van der Waals surface area contributed by atoms with Crippen LogP contribution in [-0.4, -0.2) is 37.1 Å². The van der Waals surface area contributed by atoms with Crippen LogP contribution in [0.15, 0.2) is 54.9 Å². The van der Waals surface area contributed by atoms with Crippen LogP contribution in [0.5, 0.6) is 5.75 Å². The lowest BCUT2D eigenvalue weighted by Gasteiger charge is -2.10. The van der Waals surface area contributed by atoms with E-state index in [9.17, 15) is 9.59 Å². The number of para-hydroxylation sites is 1. The number of nitrogens with one attached hydrogen (secondary N) is 1. The van der Waals surface area contributed by atoms with Gasteiger partial charge in [0.15, 0.2) is 6.61 Å². The molecule has 0 aliphatic rings. The summed E-state index contributed by atoms with van der Waals surface area (Å²) in [6.45, 7) is 0.308. The first-order chi connectivity index (χ1) is 12.2. The number of hydrogen-bond acceptors (Lipinski definition) is 5. The summed E-state index contributed by atoms with van der Waals surface area (Å²) in [7, 11) is 1.31. The largest absolute Gasteiger partial charge is 0.482 e. The lowest BCUT2D eigenvalue weighted by molar-refractivity contribution is -0.142. The van der Waals surface area contributed by atoms with Crippen molar-refractivity contribution in [1.82, 2.24) is 10.3 Å². The molecule has 0 aliphatic carbocycles. The lowest BCUT2D eigenvalue weighted by Crippen LogP contribution is -2.23. The van der Waals surface area contributed by atoms with Gasteiger partial charge in [-0.1, -0.05) is 24.3 Å². The minimum absolute atomic E-state index is 0.145.